The Kier molecular flexibility index (Phi) is 5.73. The average molecular weight is 299 g/mol. The first-order chi connectivity index (χ1) is 9.74. The Morgan fingerprint density at radius 2 is 2.14 bits per heavy atom. The normalized spacial score (nSPS) is 12.6. The van der Waals surface area contributed by atoms with E-state index < -0.39 is 17.3 Å². The minimum Gasteiger partial charge on any atom is -0.328 e. The number of alkyl halides is 3. The molecule has 0 spiro atoms. The molecule has 0 fully saturated rings. The smallest absolute Gasteiger partial charge is 0.328 e. The Bertz CT molecular complexity index is 547. The van der Waals surface area contributed by atoms with Gasteiger partial charge in [0.1, 0.15) is 0 Å². The summed E-state index contributed by atoms with van der Waals surface area (Å²) < 4.78 is 38.3. The molecule has 7 heteroatoms. The van der Waals surface area contributed by atoms with Gasteiger partial charge in [0.2, 0.25) is 5.91 Å². The molecule has 21 heavy (non-hydrogen) atoms. The van der Waals surface area contributed by atoms with Crippen LogP contribution < -0.4 is 11.1 Å². The summed E-state index contributed by atoms with van der Waals surface area (Å²) in [5.74, 6) is -0.381. The maximum absolute atomic E-state index is 12.8. The van der Waals surface area contributed by atoms with Crippen LogP contribution in [0, 0.1) is 11.3 Å². The third-order valence-electron chi connectivity index (χ3n) is 2.79. The third-order valence-corrected chi connectivity index (χ3v) is 2.79. The zero-order valence-corrected chi connectivity index (χ0v) is 11.5. The third kappa shape index (κ3) is 5.44. The van der Waals surface area contributed by atoms with Crippen molar-refractivity contribution in [1.29, 1.82) is 5.26 Å². The minimum absolute atomic E-state index is 0.0205. The number of nitriles is 1. The molecule has 1 aromatic rings. The van der Waals surface area contributed by atoms with E-state index in [1.807, 2.05) is 6.92 Å². The number of nitrogens with two attached hydrogens (primary N) is 1. The number of nitrogens with one attached hydrogen (secondary N) is 1. The second-order valence-corrected chi connectivity index (χ2v) is 4.79. The first-order valence-corrected chi connectivity index (χ1v) is 6.41. The maximum atomic E-state index is 12.8. The second-order valence-electron chi connectivity index (χ2n) is 4.79. The van der Waals surface area contributed by atoms with Gasteiger partial charge < -0.3 is 11.1 Å². The molecule has 0 saturated heterocycles. The van der Waals surface area contributed by atoms with Gasteiger partial charge in [-0.2, -0.15) is 18.4 Å². The molecule has 4 nitrogen and oxygen atoms in total. The molecular weight excluding hydrogens is 283 g/mol. The number of anilines is 1. The molecule has 1 unspecified atom stereocenters. The lowest BCUT2D eigenvalue weighted by molar-refractivity contribution is -0.137. The molecule has 0 bridgehead atoms. The average Bonchev–Trinajstić information content (AvgIpc) is 2.37. The van der Waals surface area contributed by atoms with E-state index in [4.69, 9.17) is 11.0 Å². The number of carbonyl (C=O) groups excluding carboxylic acids is 1. The van der Waals surface area contributed by atoms with Gasteiger partial charge in [0, 0.05) is 18.2 Å². The van der Waals surface area contributed by atoms with E-state index in [9.17, 15) is 18.0 Å². The first-order valence-electron chi connectivity index (χ1n) is 6.41. The van der Waals surface area contributed by atoms with Crippen molar-refractivity contribution in [2.75, 3.05) is 5.32 Å². The van der Waals surface area contributed by atoms with Crippen molar-refractivity contribution in [2.24, 2.45) is 5.73 Å². The standard InChI is InChI=1S/C14H16F3N3O/c1-9(19)3-2-4-13(21)20-11-6-5-10(8-18)12(7-11)14(15,16)17/h5-7,9H,2-4,19H2,1H3,(H,20,21). The van der Waals surface area contributed by atoms with Crippen molar-refractivity contribution in [2.45, 2.75) is 38.4 Å². The van der Waals surface area contributed by atoms with Crippen LogP contribution in [-0.2, 0) is 11.0 Å². The van der Waals surface area contributed by atoms with Crippen molar-refractivity contribution < 1.29 is 18.0 Å². The fourth-order valence-corrected chi connectivity index (χ4v) is 1.76. The number of carbonyl (C=O) groups is 1. The highest BCUT2D eigenvalue weighted by atomic mass is 19.4. The van der Waals surface area contributed by atoms with Crippen LogP contribution >= 0.6 is 0 Å². The van der Waals surface area contributed by atoms with Gasteiger partial charge >= 0.3 is 6.18 Å². The summed E-state index contributed by atoms with van der Waals surface area (Å²) in [5, 5.41) is 11.1. The molecule has 1 rings (SSSR count). The lowest BCUT2D eigenvalue weighted by atomic mass is 10.1. The first kappa shape index (κ1) is 17.0. The molecule has 1 aromatic carbocycles. The zero-order chi connectivity index (χ0) is 16.0. The molecule has 0 heterocycles. The van der Waals surface area contributed by atoms with Crippen molar-refractivity contribution in [3.63, 3.8) is 0 Å². The molecule has 0 radical (unpaired) electrons. The molecule has 0 aliphatic carbocycles. The monoisotopic (exact) mass is 299 g/mol. The van der Waals surface area contributed by atoms with E-state index in [2.05, 4.69) is 5.32 Å². The van der Waals surface area contributed by atoms with Crippen LogP contribution in [0.1, 0.15) is 37.3 Å². The number of amides is 1. The quantitative estimate of drug-likeness (QED) is 0.877. The summed E-state index contributed by atoms with van der Waals surface area (Å²) in [6.07, 6.45) is -3.23. The van der Waals surface area contributed by atoms with E-state index in [-0.39, 0.29) is 24.1 Å². The molecule has 0 saturated carbocycles. The van der Waals surface area contributed by atoms with E-state index in [0.717, 1.165) is 12.1 Å². The molecular formula is C14H16F3N3O. The van der Waals surface area contributed by atoms with Crippen molar-refractivity contribution in [3.8, 4) is 6.07 Å². The highest BCUT2D eigenvalue weighted by Crippen LogP contribution is 2.33. The Morgan fingerprint density at radius 3 is 2.67 bits per heavy atom. The molecule has 114 valence electrons. The lowest BCUT2D eigenvalue weighted by Crippen LogP contribution is -2.17. The largest absolute Gasteiger partial charge is 0.417 e. The fourth-order valence-electron chi connectivity index (χ4n) is 1.76. The Labute approximate surface area is 120 Å². The van der Waals surface area contributed by atoms with Crippen LogP contribution in [0.15, 0.2) is 18.2 Å². The summed E-state index contributed by atoms with van der Waals surface area (Å²) >= 11 is 0. The highest BCUT2D eigenvalue weighted by Gasteiger charge is 2.33. The topological polar surface area (TPSA) is 78.9 Å². The zero-order valence-electron chi connectivity index (χ0n) is 11.5. The summed E-state index contributed by atoms with van der Waals surface area (Å²) in [5.41, 5.74) is 4.03. The van der Waals surface area contributed by atoms with Gasteiger partial charge in [-0.3, -0.25) is 4.79 Å². The predicted octanol–water partition coefficient (Wildman–Crippen LogP) is 3.03. The number of benzene rings is 1. The number of hydrogen-bond donors (Lipinski definition) is 2. The van der Waals surface area contributed by atoms with Crippen LogP contribution in [0.25, 0.3) is 0 Å². The number of halogens is 3. The van der Waals surface area contributed by atoms with Gasteiger partial charge in [0.05, 0.1) is 17.2 Å². The van der Waals surface area contributed by atoms with E-state index in [1.165, 1.54) is 12.1 Å². The summed E-state index contributed by atoms with van der Waals surface area (Å²) in [6, 6.07) is 4.54. The number of hydrogen-bond acceptors (Lipinski definition) is 3. The van der Waals surface area contributed by atoms with Crippen LogP contribution in [0.3, 0.4) is 0 Å². The molecule has 1 amide bonds. The van der Waals surface area contributed by atoms with Gasteiger partial charge in [-0.15, -0.1) is 0 Å². The minimum atomic E-state index is -4.64. The summed E-state index contributed by atoms with van der Waals surface area (Å²) in [6.45, 7) is 1.81. The Morgan fingerprint density at radius 1 is 1.48 bits per heavy atom. The summed E-state index contributed by atoms with van der Waals surface area (Å²) in [4.78, 5) is 11.6. The number of rotatable bonds is 5. The Balaban J connectivity index is 2.77. The molecule has 1 atom stereocenters. The fraction of sp³-hybridized carbons (Fsp3) is 0.429. The SMILES string of the molecule is CC(N)CCCC(=O)Nc1ccc(C#N)c(C(F)(F)F)c1. The summed E-state index contributed by atoms with van der Waals surface area (Å²) in [7, 11) is 0. The van der Waals surface area contributed by atoms with E-state index >= 15 is 0 Å². The molecule has 0 aliphatic heterocycles. The van der Waals surface area contributed by atoms with Gasteiger partial charge in [0.15, 0.2) is 0 Å². The van der Waals surface area contributed by atoms with Gasteiger partial charge in [0.25, 0.3) is 0 Å². The van der Waals surface area contributed by atoms with Crippen LogP contribution in [0.2, 0.25) is 0 Å². The van der Waals surface area contributed by atoms with E-state index in [1.54, 1.807) is 0 Å². The van der Waals surface area contributed by atoms with Crippen molar-refractivity contribution in [3.05, 3.63) is 29.3 Å². The van der Waals surface area contributed by atoms with E-state index in [0.29, 0.717) is 12.8 Å². The Hall–Kier alpha value is -2.07. The van der Waals surface area contributed by atoms with Crippen LogP contribution in [0.4, 0.5) is 18.9 Å². The molecule has 0 aromatic heterocycles. The predicted molar refractivity (Wildman–Crippen MR) is 72.3 cm³/mol. The molecule has 3 N–H and O–H groups in total. The van der Waals surface area contributed by atoms with Crippen LogP contribution in [-0.4, -0.2) is 11.9 Å². The van der Waals surface area contributed by atoms with Crippen molar-refractivity contribution >= 4 is 11.6 Å². The lowest BCUT2D eigenvalue weighted by Gasteiger charge is -2.12. The van der Waals surface area contributed by atoms with Crippen molar-refractivity contribution in [1.82, 2.24) is 0 Å². The van der Waals surface area contributed by atoms with Gasteiger partial charge in [-0.1, -0.05) is 0 Å². The second kappa shape index (κ2) is 7.09. The molecule has 0 aliphatic rings. The number of nitrogens with zero attached hydrogens (tertiary/aromatic N) is 1. The van der Waals surface area contributed by atoms with Gasteiger partial charge in [-0.05, 0) is 38.0 Å². The van der Waals surface area contributed by atoms with Crippen LogP contribution in [0.5, 0.6) is 0 Å². The van der Waals surface area contributed by atoms with Gasteiger partial charge in [-0.25, -0.2) is 0 Å². The highest BCUT2D eigenvalue weighted by molar-refractivity contribution is 5.90. The maximum Gasteiger partial charge on any atom is 0.417 e.